The van der Waals surface area contributed by atoms with Gasteiger partial charge in [0.25, 0.3) is 0 Å². The first kappa shape index (κ1) is 13.9. The van der Waals surface area contributed by atoms with Crippen LogP contribution in [0.25, 0.3) is 11.0 Å². The number of nitrogens with one attached hydrogen (secondary N) is 3. The van der Waals surface area contributed by atoms with Gasteiger partial charge in [-0.15, -0.1) is 0 Å². The molecule has 0 bridgehead atoms. The second kappa shape index (κ2) is 5.04. The van der Waals surface area contributed by atoms with Crippen LogP contribution < -0.4 is 11.0 Å². The molecule has 108 valence electrons. The van der Waals surface area contributed by atoms with E-state index in [9.17, 15) is 4.79 Å². The third kappa shape index (κ3) is 2.23. The van der Waals surface area contributed by atoms with E-state index in [1.807, 2.05) is 13.1 Å². The molecular formula is C15H20BrN3O. The first-order valence-electron chi connectivity index (χ1n) is 7.12. The zero-order valence-corrected chi connectivity index (χ0v) is 13.4. The van der Waals surface area contributed by atoms with E-state index in [-0.39, 0.29) is 11.1 Å². The Balaban J connectivity index is 2.11. The molecule has 1 unspecified atom stereocenters. The van der Waals surface area contributed by atoms with E-state index in [0.717, 1.165) is 15.5 Å². The van der Waals surface area contributed by atoms with Crippen molar-refractivity contribution in [3.05, 3.63) is 32.7 Å². The van der Waals surface area contributed by atoms with Gasteiger partial charge >= 0.3 is 5.69 Å². The molecule has 1 saturated carbocycles. The monoisotopic (exact) mass is 337 g/mol. The van der Waals surface area contributed by atoms with Crippen LogP contribution in [0.5, 0.6) is 0 Å². The molecule has 0 amide bonds. The zero-order chi connectivity index (χ0) is 14.3. The minimum Gasteiger partial charge on any atom is -0.313 e. The van der Waals surface area contributed by atoms with Crippen LogP contribution in [0.2, 0.25) is 0 Å². The fraction of sp³-hybridized carbons (Fsp3) is 0.533. The highest BCUT2D eigenvalue weighted by atomic mass is 79.9. The van der Waals surface area contributed by atoms with Crippen LogP contribution >= 0.6 is 15.9 Å². The lowest BCUT2D eigenvalue weighted by Gasteiger charge is -2.35. The van der Waals surface area contributed by atoms with Crippen LogP contribution in [0.3, 0.4) is 0 Å². The summed E-state index contributed by atoms with van der Waals surface area (Å²) in [5.41, 5.74) is 3.06. The molecule has 1 atom stereocenters. The summed E-state index contributed by atoms with van der Waals surface area (Å²) >= 11 is 3.66. The van der Waals surface area contributed by atoms with Gasteiger partial charge in [0, 0.05) is 10.5 Å². The Hall–Kier alpha value is -1.07. The minimum absolute atomic E-state index is 0.155. The highest BCUT2D eigenvalue weighted by molar-refractivity contribution is 9.10. The lowest BCUT2D eigenvalue weighted by atomic mass is 9.77. The maximum absolute atomic E-state index is 11.4. The summed E-state index contributed by atoms with van der Waals surface area (Å²) in [6.45, 7) is 2.36. The Kier molecular flexibility index (Phi) is 3.50. The number of fused-ring (bicyclic) bond motifs is 1. The van der Waals surface area contributed by atoms with Crippen molar-refractivity contribution in [2.75, 3.05) is 7.05 Å². The van der Waals surface area contributed by atoms with Crippen LogP contribution in [0, 0.1) is 5.41 Å². The van der Waals surface area contributed by atoms with E-state index < -0.39 is 0 Å². The van der Waals surface area contributed by atoms with E-state index in [4.69, 9.17) is 0 Å². The van der Waals surface area contributed by atoms with Crippen molar-refractivity contribution in [2.24, 2.45) is 5.41 Å². The topological polar surface area (TPSA) is 60.7 Å². The molecule has 1 fully saturated rings. The summed E-state index contributed by atoms with van der Waals surface area (Å²) in [5.74, 6) is 0. The summed E-state index contributed by atoms with van der Waals surface area (Å²) in [5, 5.41) is 3.48. The number of hydrogen-bond acceptors (Lipinski definition) is 2. The number of aromatic nitrogens is 2. The second-order valence-electron chi connectivity index (χ2n) is 6.08. The highest BCUT2D eigenvalue weighted by Crippen LogP contribution is 2.48. The molecule has 0 spiro atoms. The van der Waals surface area contributed by atoms with Crippen LogP contribution in [0.15, 0.2) is 21.4 Å². The number of hydrogen-bond donors (Lipinski definition) is 3. The Bertz CT molecular complexity index is 682. The van der Waals surface area contributed by atoms with E-state index in [2.05, 4.69) is 44.2 Å². The molecule has 0 aliphatic heterocycles. The highest BCUT2D eigenvalue weighted by Gasteiger charge is 2.37. The first-order valence-corrected chi connectivity index (χ1v) is 7.91. The summed E-state index contributed by atoms with van der Waals surface area (Å²) in [7, 11) is 2.02. The van der Waals surface area contributed by atoms with Crippen LogP contribution in [-0.2, 0) is 0 Å². The SMILES string of the molecule is CNC(c1cc2[nH]c(=O)[nH]c2cc1Br)C1(C)CCCC1. The Labute approximate surface area is 126 Å². The summed E-state index contributed by atoms with van der Waals surface area (Å²) in [6, 6.07) is 4.37. The molecule has 1 aliphatic carbocycles. The Morgan fingerprint density at radius 1 is 1.25 bits per heavy atom. The van der Waals surface area contributed by atoms with Gasteiger partial charge in [-0.2, -0.15) is 0 Å². The predicted molar refractivity (Wildman–Crippen MR) is 85.0 cm³/mol. The normalized spacial score (nSPS) is 19.6. The van der Waals surface area contributed by atoms with Crippen molar-refractivity contribution in [3.63, 3.8) is 0 Å². The standard InChI is InChI=1S/C15H20BrN3O/c1-15(5-3-4-6-15)13(17-2)9-7-11-12(8-10(9)16)19-14(20)18-11/h7-8,13,17H,3-6H2,1-2H3,(H2,18,19,20). The number of H-pyrrole nitrogens is 2. The number of imidazole rings is 1. The van der Waals surface area contributed by atoms with E-state index in [0.29, 0.717) is 6.04 Å². The number of halogens is 1. The molecule has 1 aliphatic rings. The fourth-order valence-electron chi connectivity index (χ4n) is 3.64. The van der Waals surface area contributed by atoms with Gasteiger partial charge < -0.3 is 15.3 Å². The van der Waals surface area contributed by atoms with Gasteiger partial charge in [0.15, 0.2) is 0 Å². The van der Waals surface area contributed by atoms with Gasteiger partial charge in [-0.05, 0) is 43.0 Å². The number of rotatable bonds is 3. The van der Waals surface area contributed by atoms with Crippen molar-refractivity contribution >= 4 is 27.0 Å². The minimum atomic E-state index is -0.155. The summed E-state index contributed by atoms with van der Waals surface area (Å²) in [4.78, 5) is 17.1. The maximum atomic E-state index is 11.4. The van der Waals surface area contributed by atoms with Gasteiger partial charge in [-0.1, -0.05) is 35.7 Å². The Morgan fingerprint density at radius 3 is 2.45 bits per heavy atom. The smallest absolute Gasteiger partial charge is 0.313 e. The van der Waals surface area contributed by atoms with Crippen LogP contribution in [-0.4, -0.2) is 17.0 Å². The van der Waals surface area contributed by atoms with Crippen molar-refractivity contribution in [2.45, 2.75) is 38.6 Å². The molecule has 3 rings (SSSR count). The van der Waals surface area contributed by atoms with Crippen LogP contribution in [0.4, 0.5) is 0 Å². The van der Waals surface area contributed by atoms with Crippen molar-refractivity contribution in [1.29, 1.82) is 0 Å². The lowest BCUT2D eigenvalue weighted by Crippen LogP contribution is -2.32. The maximum Gasteiger partial charge on any atom is 0.323 e. The third-order valence-corrected chi connectivity index (χ3v) is 5.36. The second-order valence-corrected chi connectivity index (χ2v) is 6.94. The van der Waals surface area contributed by atoms with E-state index >= 15 is 0 Å². The van der Waals surface area contributed by atoms with Gasteiger partial charge in [-0.25, -0.2) is 4.79 Å². The first-order chi connectivity index (χ1) is 9.53. The quantitative estimate of drug-likeness (QED) is 0.803. The van der Waals surface area contributed by atoms with Crippen LogP contribution in [0.1, 0.15) is 44.2 Å². The zero-order valence-electron chi connectivity index (χ0n) is 11.8. The molecule has 20 heavy (non-hydrogen) atoms. The van der Waals surface area contributed by atoms with Crippen molar-refractivity contribution < 1.29 is 0 Å². The number of benzene rings is 1. The van der Waals surface area contributed by atoms with Gasteiger partial charge in [0.05, 0.1) is 11.0 Å². The molecule has 1 aromatic carbocycles. The summed E-state index contributed by atoms with van der Waals surface area (Å²) in [6.07, 6.45) is 5.09. The average Bonchev–Trinajstić information content (AvgIpc) is 2.96. The van der Waals surface area contributed by atoms with Crippen molar-refractivity contribution in [3.8, 4) is 0 Å². The van der Waals surface area contributed by atoms with Gasteiger partial charge in [-0.3, -0.25) is 0 Å². The molecule has 0 saturated heterocycles. The number of aromatic amines is 2. The average molecular weight is 338 g/mol. The Morgan fingerprint density at radius 2 is 1.85 bits per heavy atom. The molecule has 1 aromatic heterocycles. The molecular weight excluding hydrogens is 318 g/mol. The fourth-order valence-corrected chi connectivity index (χ4v) is 4.22. The lowest BCUT2D eigenvalue weighted by molar-refractivity contribution is 0.233. The largest absolute Gasteiger partial charge is 0.323 e. The molecule has 2 aromatic rings. The van der Waals surface area contributed by atoms with Gasteiger partial charge in [0.2, 0.25) is 0 Å². The van der Waals surface area contributed by atoms with Crippen molar-refractivity contribution in [1.82, 2.24) is 15.3 Å². The van der Waals surface area contributed by atoms with E-state index in [1.165, 1.54) is 31.2 Å². The summed E-state index contributed by atoms with van der Waals surface area (Å²) < 4.78 is 1.05. The van der Waals surface area contributed by atoms with Gasteiger partial charge in [0.1, 0.15) is 0 Å². The predicted octanol–water partition coefficient (Wildman–Crippen LogP) is 3.46. The molecule has 1 heterocycles. The van der Waals surface area contributed by atoms with E-state index in [1.54, 1.807) is 0 Å². The molecule has 5 heteroatoms. The molecule has 3 N–H and O–H groups in total. The molecule has 4 nitrogen and oxygen atoms in total. The third-order valence-electron chi connectivity index (χ3n) is 4.68. The molecule has 0 radical (unpaired) electrons.